The van der Waals surface area contributed by atoms with Crippen LogP contribution in [0.5, 0.6) is 0 Å². The van der Waals surface area contributed by atoms with Gasteiger partial charge in [0.15, 0.2) is 5.82 Å². The first-order valence-electron chi connectivity index (χ1n) is 7.84. The quantitative estimate of drug-likeness (QED) is 0.784. The zero-order valence-corrected chi connectivity index (χ0v) is 14.0. The fourth-order valence-electron chi connectivity index (χ4n) is 3.04. The van der Waals surface area contributed by atoms with Crippen molar-refractivity contribution in [3.05, 3.63) is 41.2 Å². The third-order valence-corrected chi connectivity index (χ3v) is 4.34. The van der Waals surface area contributed by atoms with Gasteiger partial charge in [-0.2, -0.15) is 5.10 Å². The van der Waals surface area contributed by atoms with Crippen LogP contribution < -0.4 is 5.32 Å². The molecule has 2 aromatic heterocycles. The molecule has 1 aliphatic heterocycles. The summed E-state index contributed by atoms with van der Waals surface area (Å²) in [5.74, 6) is 2.42. The van der Waals surface area contributed by atoms with Crippen LogP contribution in [0.4, 0.5) is 5.82 Å². The summed E-state index contributed by atoms with van der Waals surface area (Å²) in [6.07, 6.45) is 3.56. The second-order valence-corrected chi connectivity index (χ2v) is 6.20. The summed E-state index contributed by atoms with van der Waals surface area (Å²) in [5.41, 5.74) is 0.817. The topological polar surface area (TPSA) is 77.8 Å². The maximum absolute atomic E-state index is 6.05. The van der Waals surface area contributed by atoms with E-state index in [0.29, 0.717) is 17.5 Å². The Kier molecular flexibility index (Phi) is 4.03. The highest BCUT2D eigenvalue weighted by atomic mass is 35.5. The third-order valence-electron chi connectivity index (χ3n) is 4.10. The summed E-state index contributed by atoms with van der Waals surface area (Å²) in [6, 6.07) is 5.68. The second kappa shape index (κ2) is 6.33. The SMILES string of the molecule is COCc1nc2n(n1)CCCC2Nc1ncnc2cc(Cl)ccc12. The Morgan fingerprint density at radius 1 is 1.38 bits per heavy atom. The van der Waals surface area contributed by atoms with Crippen LogP contribution in [0, 0.1) is 0 Å². The van der Waals surface area contributed by atoms with Gasteiger partial charge in [0.1, 0.15) is 24.6 Å². The minimum Gasteiger partial charge on any atom is -0.377 e. The number of hydrogen-bond acceptors (Lipinski definition) is 6. The molecule has 24 heavy (non-hydrogen) atoms. The standard InChI is InChI=1S/C16H17ClN6O/c1-24-8-14-21-16-12(3-2-6-23(16)22-14)20-15-11-5-4-10(17)7-13(11)18-9-19-15/h4-5,7,9,12H,2-3,6,8H2,1H3,(H,18,19,20). The summed E-state index contributed by atoms with van der Waals surface area (Å²) in [6.45, 7) is 1.30. The van der Waals surface area contributed by atoms with E-state index in [1.165, 1.54) is 0 Å². The molecule has 0 aliphatic carbocycles. The van der Waals surface area contributed by atoms with Gasteiger partial charge in [0, 0.05) is 24.1 Å². The average Bonchev–Trinajstić information content (AvgIpc) is 2.99. The van der Waals surface area contributed by atoms with Crippen LogP contribution in [-0.4, -0.2) is 31.8 Å². The van der Waals surface area contributed by atoms with Crippen LogP contribution in [0.2, 0.25) is 5.02 Å². The monoisotopic (exact) mass is 344 g/mol. The highest BCUT2D eigenvalue weighted by Gasteiger charge is 2.25. The minimum atomic E-state index is 0.0608. The fraction of sp³-hybridized carbons (Fsp3) is 0.375. The Morgan fingerprint density at radius 2 is 2.29 bits per heavy atom. The van der Waals surface area contributed by atoms with Gasteiger partial charge in [0.2, 0.25) is 0 Å². The van der Waals surface area contributed by atoms with Crippen LogP contribution in [0.25, 0.3) is 10.9 Å². The predicted octanol–water partition coefficient (Wildman–Crippen LogP) is 2.97. The van der Waals surface area contributed by atoms with E-state index in [9.17, 15) is 0 Å². The second-order valence-electron chi connectivity index (χ2n) is 5.77. The Morgan fingerprint density at radius 3 is 3.17 bits per heavy atom. The summed E-state index contributed by atoms with van der Waals surface area (Å²) in [5, 5.41) is 9.59. The highest BCUT2D eigenvalue weighted by Crippen LogP contribution is 2.30. The van der Waals surface area contributed by atoms with E-state index in [1.54, 1.807) is 13.4 Å². The van der Waals surface area contributed by atoms with Crippen molar-refractivity contribution in [2.45, 2.75) is 32.0 Å². The lowest BCUT2D eigenvalue weighted by Gasteiger charge is -2.24. The van der Waals surface area contributed by atoms with Crippen molar-refractivity contribution < 1.29 is 4.74 Å². The number of ether oxygens (including phenoxy) is 1. The largest absolute Gasteiger partial charge is 0.377 e. The number of benzene rings is 1. The molecule has 0 saturated carbocycles. The predicted molar refractivity (Wildman–Crippen MR) is 90.9 cm³/mol. The van der Waals surface area contributed by atoms with Gasteiger partial charge in [-0.25, -0.2) is 19.6 Å². The molecule has 0 fully saturated rings. The first-order chi connectivity index (χ1) is 11.7. The van der Waals surface area contributed by atoms with Gasteiger partial charge in [0.25, 0.3) is 0 Å². The molecule has 0 saturated heterocycles. The molecule has 0 amide bonds. The number of nitrogens with one attached hydrogen (secondary N) is 1. The van der Waals surface area contributed by atoms with Crippen molar-refractivity contribution in [3.63, 3.8) is 0 Å². The van der Waals surface area contributed by atoms with Gasteiger partial charge < -0.3 is 10.1 Å². The van der Waals surface area contributed by atoms with E-state index in [1.807, 2.05) is 22.9 Å². The Bertz CT molecular complexity index is 880. The lowest BCUT2D eigenvalue weighted by atomic mass is 10.1. The molecule has 1 aliphatic rings. The van der Waals surface area contributed by atoms with E-state index in [0.717, 1.165) is 41.9 Å². The zero-order chi connectivity index (χ0) is 16.5. The molecule has 0 radical (unpaired) electrons. The molecule has 3 aromatic rings. The van der Waals surface area contributed by atoms with Crippen molar-refractivity contribution >= 4 is 28.3 Å². The lowest BCUT2D eigenvalue weighted by molar-refractivity contribution is 0.177. The van der Waals surface area contributed by atoms with Crippen LogP contribution in [0.15, 0.2) is 24.5 Å². The molecule has 4 rings (SSSR count). The Hall–Kier alpha value is -2.25. The van der Waals surface area contributed by atoms with E-state index < -0.39 is 0 Å². The smallest absolute Gasteiger partial charge is 0.176 e. The molecule has 1 unspecified atom stereocenters. The molecule has 0 bridgehead atoms. The summed E-state index contributed by atoms with van der Waals surface area (Å²) < 4.78 is 7.09. The van der Waals surface area contributed by atoms with Gasteiger partial charge in [-0.15, -0.1) is 0 Å². The van der Waals surface area contributed by atoms with Crippen molar-refractivity contribution in [3.8, 4) is 0 Å². The first-order valence-corrected chi connectivity index (χ1v) is 8.22. The average molecular weight is 345 g/mol. The van der Waals surface area contributed by atoms with Crippen LogP contribution >= 0.6 is 11.6 Å². The summed E-state index contributed by atoms with van der Waals surface area (Å²) in [7, 11) is 1.65. The lowest BCUT2D eigenvalue weighted by Crippen LogP contribution is -2.23. The number of fused-ring (bicyclic) bond motifs is 2. The number of nitrogens with zero attached hydrogens (tertiary/aromatic N) is 5. The van der Waals surface area contributed by atoms with Crippen LogP contribution in [-0.2, 0) is 17.9 Å². The molecule has 1 aromatic carbocycles. The maximum Gasteiger partial charge on any atom is 0.176 e. The molecule has 124 valence electrons. The van der Waals surface area contributed by atoms with E-state index in [4.69, 9.17) is 16.3 Å². The van der Waals surface area contributed by atoms with Crippen LogP contribution in [0.3, 0.4) is 0 Å². The van der Waals surface area contributed by atoms with Crippen LogP contribution in [0.1, 0.15) is 30.5 Å². The van der Waals surface area contributed by atoms with Crippen molar-refractivity contribution in [2.75, 3.05) is 12.4 Å². The number of halogens is 1. The van der Waals surface area contributed by atoms with E-state index in [-0.39, 0.29) is 6.04 Å². The Balaban J connectivity index is 1.67. The van der Waals surface area contributed by atoms with E-state index in [2.05, 4.69) is 25.4 Å². The minimum absolute atomic E-state index is 0.0608. The number of aryl methyl sites for hydroxylation is 1. The summed E-state index contributed by atoms with van der Waals surface area (Å²) in [4.78, 5) is 13.3. The third kappa shape index (κ3) is 2.81. The normalized spacial score (nSPS) is 17.0. The number of hydrogen-bond donors (Lipinski definition) is 1. The molecule has 8 heteroatoms. The molecule has 7 nitrogen and oxygen atoms in total. The van der Waals surface area contributed by atoms with E-state index >= 15 is 0 Å². The number of anilines is 1. The maximum atomic E-state index is 6.05. The van der Waals surface area contributed by atoms with Gasteiger partial charge in [-0.05, 0) is 31.0 Å². The number of rotatable bonds is 4. The van der Waals surface area contributed by atoms with Gasteiger partial charge in [0.05, 0.1) is 11.6 Å². The summed E-state index contributed by atoms with van der Waals surface area (Å²) >= 11 is 6.05. The molecular formula is C16H17ClN6O. The van der Waals surface area contributed by atoms with Crippen molar-refractivity contribution in [2.24, 2.45) is 0 Å². The number of aromatic nitrogens is 5. The van der Waals surface area contributed by atoms with Crippen molar-refractivity contribution in [1.29, 1.82) is 0 Å². The Labute approximate surface area is 144 Å². The van der Waals surface area contributed by atoms with Crippen molar-refractivity contribution in [1.82, 2.24) is 24.7 Å². The van der Waals surface area contributed by atoms with Gasteiger partial charge >= 0.3 is 0 Å². The fourth-order valence-corrected chi connectivity index (χ4v) is 3.20. The zero-order valence-electron chi connectivity index (χ0n) is 13.2. The van der Waals surface area contributed by atoms with Gasteiger partial charge in [-0.3, -0.25) is 0 Å². The van der Waals surface area contributed by atoms with Gasteiger partial charge in [-0.1, -0.05) is 11.6 Å². The highest BCUT2D eigenvalue weighted by molar-refractivity contribution is 6.31. The number of methoxy groups -OCH3 is 1. The molecule has 3 heterocycles. The molecule has 1 atom stereocenters. The first kappa shape index (κ1) is 15.3. The molecule has 0 spiro atoms. The molecular weight excluding hydrogens is 328 g/mol. The molecule has 1 N–H and O–H groups in total.